The molecule has 0 amide bonds. The highest BCUT2D eigenvalue weighted by molar-refractivity contribution is 5.34. The van der Waals surface area contributed by atoms with Crippen molar-refractivity contribution in [1.82, 2.24) is 0 Å². The molecule has 0 aliphatic rings. The van der Waals surface area contributed by atoms with Gasteiger partial charge in [0.2, 0.25) is 0 Å². The molecule has 0 radical (unpaired) electrons. The fourth-order valence-corrected chi connectivity index (χ4v) is 1.55. The minimum absolute atomic E-state index is 0.0713. The molecule has 1 atom stereocenters. The number of alkyl halides is 6. The van der Waals surface area contributed by atoms with Crippen molar-refractivity contribution in [3.63, 3.8) is 0 Å². The summed E-state index contributed by atoms with van der Waals surface area (Å²) < 4.78 is 75.2. The van der Waals surface area contributed by atoms with Crippen molar-refractivity contribution in [3.8, 4) is 0 Å². The first-order chi connectivity index (χ1) is 8.54. The third kappa shape index (κ3) is 4.41. The maximum absolute atomic E-state index is 12.5. The van der Waals surface area contributed by atoms with Crippen LogP contribution in [0.2, 0.25) is 0 Å². The molecule has 0 fully saturated rings. The number of aliphatic hydroxyl groups is 1. The van der Waals surface area contributed by atoms with Crippen molar-refractivity contribution in [2.45, 2.75) is 38.2 Å². The van der Waals surface area contributed by atoms with Crippen molar-refractivity contribution in [1.29, 1.82) is 0 Å². The molecular formula is C12H12F6O. The van der Waals surface area contributed by atoms with Gasteiger partial charge in [-0.2, -0.15) is 26.3 Å². The second-order valence-electron chi connectivity index (χ2n) is 4.18. The highest BCUT2D eigenvalue weighted by Crippen LogP contribution is 2.36. The van der Waals surface area contributed by atoms with E-state index in [0.29, 0.717) is 12.1 Å². The molecule has 1 aromatic carbocycles. The van der Waals surface area contributed by atoms with Crippen LogP contribution in [0.1, 0.15) is 30.0 Å². The van der Waals surface area contributed by atoms with E-state index < -0.39 is 29.6 Å². The van der Waals surface area contributed by atoms with E-state index >= 15 is 0 Å². The van der Waals surface area contributed by atoms with Crippen molar-refractivity contribution < 1.29 is 31.4 Å². The summed E-state index contributed by atoms with van der Waals surface area (Å²) in [6.07, 6.45) is -10.7. The number of hydrogen-bond acceptors (Lipinski definition) is 1. The Kier molecular flexibility index (Phi) is 4.50. The predicted octanol–water partition coefficient (Wildman–Crippen LogP) is 4.04. The summed E-state index contributed by atoms with van der Waals surface area (Å²) in [5.74, 6) is 0. The fraction of sp³-hybridized carbons (Fsp3) is 0.500. The molecule has 1 N–H and O–H groups in total. The van der Waals surface area contributed by atoms with Crippen LogP contribution in [0.3, 0.4) is 0 Å². The van der Waals surface area contributed by atoms with Crippen molar-refractivity contribution >= 4 is 0 Å². The van der Waals surface area contributed by atoms with Crippen molar-refractivity contribution in [3.05, 3.63) is 34.9 Å². The summed E-state index contributed by atoms with van der Waals surface area (Å²) in [6.45, 7) is 1.59. The Bertz CT molecular complexity index is 403. The summed E-state index contributed by atoms with van der Waals surface area (Å²) in [6, 6.07) is 1.34. The molecule has 1 aromatic rings. The highest BCUT2D eigenvalue weighted by Gasteiger charge is 2.36. The first-order valence-electron chi connectivity index (χ1n) is 5.50. The van der Waals surface area contributed by atoms with Gasteiger partial charge in [0, 0.05) is 0 Å². The molecule has 0 saturated carbocycles. The first kappa shape index (κ1) is 15.8. The third-order valence-corrected chi connectivity index (χ3v) is 2.59. The molecule has 0 heterocycles. The SMILES string of the molecule is CCC(O)Cc1cc(C(F)(F)F)cc(C(F)(F)F)c1. The Labute approximate surface area is 105 Å². The smallest absolute Gasteiger partial charge is 0.393 e. The quantitative estimate of drug-likeness (QED) is 0.831. The topological polar surface area (TPSA) is 20.2 Å². The normalized spacial score (nSPS) is 14.5. The van der Waals surface area contributed by atoms with Gasteiger partial charge in [-0.3, -0.25) is 0 Å². The van der Waals surface area contributed by atoms with Crippen LogP contribution >= 0.6 is 0 Å². The van der Waals surface area contributed by atoms with Gasteiger partial charge < -0.3 is 5.11 Å². The second kappa shape index (κ2) is 5.40. The molecule has 1 rings (SSSR count). The van der Waals surface area contributed by atoms with E-state index in [-0.39, 0.29) is 24.5 Å². The Morgan fingerprint density at radius 3 is 1.68 bits per heavy atom. The second-order valence-corrected chi connectivity index (χ2v) is 4.18. The molecule has 1 unspecified atom stereocenters. The van der Waals surface area contributed by atoms with E-state index in [0.717, 1.165) is 0 Å². The molecule has 0 spiro atoms. The van der Waals surface area contributed by atoms with Gasteiger partial charge in [-0.1, -0.05) is 6.92 Å². The fourth-order valence-electron chi connectivity index (χ4n) is 1.55. The van der Waals surface area contributed by atoms with Crippen LogP contribution < -0.4 is 0 Å². The Balaban J connectivity index is 3.25. The number of benzene rings is 1. The maximum atomic E-state index is 12.5. The lowest BCUT2D eigenvalue weighted by Gasteiger charge is -2.15. The van der Waals surface area contributed by atoms with Gasteiger partial charge in [-0.15, -0.1) is 0 Å². The average molecular weight is 286 g/mol. The third-order valence-electron chi connectivity index (χ3n) is 2.59. The van der Waals surface area contributed by atoms with Gasteiger partial charge in [0.25, 0.3) is 0 Å². The van der Waals surface area contributed by atoms with Crippen LogP contribution in [0.15, 0.2) is 18.2 Å². The molecule has 0 bridgehead atoms. The lowest BCUT2D eigenvalue weighted by atomic mass is 10.00. The number of aliphatic hydroxyl groups excluding tert-OH is 1. The van der Waals surface area contributed by atoms with Crippen LogP contribution in [0.5, 0.6) is 0 Å². The number of halogens is 6. The van der Waals surface area contributed by atoms with Crippen LogP contribution in [-0.2, 0) is 18.8 Å². The Morgan fingerprint density at radius 1 is 0.947 bits per heavy atom. The van der Waals surface area contributed by atoms with Crippen molar-refractivity contribution in [2.24, 2.45) is 0 Å². The molecule has 0 aromatic heterocycles. The molecule has 7 heteroatoms. The minimum atomic E-state index is -4.85. The Hall–Kier alpha value is -1.24. The van der Waals surface area contributed by atoms with Gasteiger partial charge >= 0.3 is 12.4 Å². The van der Waals surface area contributed by atoms with Gasteiger partial charge in [0.1, 0.15) is 0 Å². The van der Waals surface area contributed by atoms with E-state index in [1.54, 1.807) is 6.92 Å². The van der Waals surface area contributed by atoms with Gasteiger partial charge in [-0.25, -0.2) is 0 Å². The van der Waals surface area contributed by atoms with Crippen LogP contribution in [-0.4, -0.2) is 11.2 Å². The van der Waals surface area contributed by atoms with Crippen LogP contribution in [0, 0.1) is 0 Å². The zero-order valence-electron chi connectivity index (χ0n) is 9.94. The largest absolute Gasteiger partial charge is 0.416 e. The number of rotatable bonds is 3. The lowest BCUT2D eigenvalue weighted by molar-refractivity contribution is -0.143. The van der Waals surface area contributed by atoms with E-state index in [1.165, 1.54) is 0 Å². The summed E-state index contributed by atoms with van der Waals surface area (Å²) in [5, 5.41) is 9.34. The zero-order valence-corrected chi connectivity index (χ0v) is 9.94. The summed E-state index contributed by atoms with van der Waals surface area (Å²) in [7, 11) is 0. The molecule has 1 nitrogen and oxygen atoms in total. The lowest BCUT2D eigenvalue weighted by Crippen LogP contribution is -2.14. The summed E-state index contributed by atoms with van der Waals surface area (Å²) in [5.41, 5.74) is -2.90. The molecular weight excluding hydrogens is 274 g/mol. The highest BCUT2D eigenvalue weighted by atomic mass is 19.4. The standard InChI is InChI=1S/C12H12F6O/c1-2-10(19)5-7-3-8(11(13,14)15)6-9(4-7)12(16,17)18/h3-4,6,10,19H,2,5H2,1H3. The van der Waals surface area contributed by atoms with Gasteiger partial charge in [0.15, 0.2) is 0 Å². The summed E-state index contributed by atoms with van der Waals surface area (Å²) in [4.78, 5) is 0. The molecule has 19 heavy (non-hydrogen) atoms. The van der Waals surface area contributed by atoms with E-state index in [9.17, 15) is 31.4 Å². The van der Waals surface area contributed by atoms with Crippen LogP contribution in [0.25, 0.3) is 0 Å². The van der Waals surface area contributed by atoms with E-state index in [4.69, 9.17) is 0 Å². The van der Waals surface area contributed by atoms with Gasteiger partial charge in [0.05, 0.1) is 17.2 Å². The average Bonchev–Trinajstić information content (AvgIpc) is 2.26. The molecule has 0 aliphatic carbocycles. The first-order valence-corrected chi connectivity index (χ1v) is 5.50. The Morgan fingerprint density at radius 2 is 1.37 bits per heavy atom. The minimum Gasteiger partial charge on any atom is -0.393 e. The van der Waals surface area contributed by atoms with E-state index in [2.05, 4.69) is 0 Å². The van der Waals surface area contributed by atoms with Gasteiger partial charge in [-0.05, 0) is 36.6 Å². The van der Waals surface area contributed by atoms with Crippen molar-refractivity contribution in [2.75, 3.05) is 0 Å². The molecule has 108 valence electrons. The number of hydrogen-bond donors (Lipinski definition) is 1. The maximum Gasteiger partial charge on any atom is 0.416 e. The molecule has 0 aliphatic heterocycles. The monoisotopic (exact) mass is 286 g/mol. The van der Waals surface area contributed by atoms with Crippen LogP contribution in [0.4, 0.5) is 26.3 Å². The van der Waals surface area contributed by atoms with E-state index in [1.807, 2.05) is 0 Å². The predicted molar refractivity (Wildman–Crippen MR) is 56.4 cm³/mol. The zero-order chi connectivity index (χ0) is 14.8. The summed E-state index contributed by atoms with van der Waals surface area (Å²) >= 11 is 0. The molecule has 0 saturated heterocycles.